The second kappa shape index (κ2) is 6.23. The fourth-order valence-electron chi connectivity index (χ4n) is 1.55. The number of para-hydroxylation sites is 1. The van der Waals surface area contributed by atoms with Crippen molar-refractivity contribution in [3.8, 4) is 0 Å². The standard InChI is InChI=1S/C12H18BrNO2/c1-3-12(8-15,9-16-2)14-11-7-5-4-6-10(11)13/h4-7,14-15H,3,8-9H2,1-2H3. The molecule has 0 aliphatic carbocycles. The molecule has 1 aromatic rings. The Hall–Kier alpha value is -0.580. The average Bonchev–Trinajstić information content (AvgIpc) is 2.31. The second-order valence-corrected chi connectivity index (χ2v) is 4.68. The van der Waals surface area contributed by atoms with Gasteiger partial charge in [0, 0.05) is 17.3 Å². The molecule has 0 aliphatic rings. The Labute approximate surface area is 105 Å². The van der Waals surface area contributed by atoms with E-state index in [-0.39, 0.29) is 6.61 Å². The lowest BCUT2D eigenvalue weighted by Crippen LogP contribution is -2.45. The van der Waals surface area contributed by atoms with E-state index in [1.807, 2.05) is 31.2 Å². The molecule has 4 heteroatoms. The maximum Gasteiger partial charge on any atom is 0.0834 e. The van der Waals surface area contributed by atoms with E-state index in [4.69, 9.17) is 4.74 Å². The first-order valence-corrected chi connectivity index (χ1v) is 6.09. The molecule has 0 bridgehead atoms. The SMILES string of the molecule is CCC(CO)(COC)Nc1ccccc1Br. The van der Waals surface area contributed by atoms with E-state index >= 15 is 0 Å². The van der Waals surface area contributed by atoms with E-state index in [0.29, 0.717) is 6.61 Å². The summed E-state index contributed by atoms with van der Waals surface area (Å²) in [6, 6.07) is 7.85. The quantitative estimate of drug-likeness (QED) is 0.845. The smallest absolute Gasteiger partial charge is 0.0834 e. The first-order valence-electron chi connectivity index (χ1n) is 5.30. The van der Waals surface area contributed by atoms with Crippen LogP contribution in [0.4, 0.5) is 5.69 Å². The highest BCUT2D eigenvalue weighted by atomic mass is 79.9. The van der Waals surface area contributed by atoms with Crippen LogP contribution in [0, 0.1) is 0 Å². The second-order valence-electron chi connectivity index (χ2n) is 3.83. The number of halogens is 1. The van der Waals surface area contributed by atoms with E-state index in [9.17, 15) is 5.11 Å². The molecule has 1 atom stereocenters. The van der Waals surface area contributed by atoms with Crippen molar-refractivity contribution in [3.05, 3.63) is 28.7 Å². The highest BCUT2D eigenvalue weighted by Gasteiger charge is 2.27. The number of aliphatic hydroxyl groups excluding tert-OH is 1. The Balaban J connectivity index is 2.87. The molecule has 90 valence electrons. The van der Waals surface area contributed by atoms with Gasteiger partial charge in [-0.05, 0) is 34.5 Å². The predicted molar refractivity (Wildman–Crippen MR) is 69.7 cm³/mol. The third-order valence-electron chi connectivity index (χ3n) is 2.67. The monoisotopic (exact) mass is 287 g/mol. The normalized spacial score (nSPS) is 14.5. The van der Waals surface area contributed by atoms with Crippen LogP contribution >= 0.6 is 15.9 Å². The number of anilines is 1. The molecule has 0 heterocycles. The molecule has 1 rings (SSSR count). The predicted octanol–water partition coefficient (Wildman–Crippen LogP) is 2.65. The van der Waals surface area contributed by atoms with Gasteiger partial charge >= 0.3 is 0 Å². The van der Waals surface area contributed by atoms with E-state index < -0.39 is 5.54 Å². The van der Waals surface area contributed by atoms with Crippen molar-refractivity contribution < 1.29 is 9.84 Å². The first kappa shape index (κ1) is 13.5. The maximum absolute atomic E-state index is 9.50. The fourth-order valence-corrected chi connectivity index (χ4v) is 1.93. The molecule has 0 amide bonds. The zero-order valence-electron chi connectivity index (χ0n) is 9.66. The van der Waals surface area contributed by atoms with Gasteiger partial charge in [-0.2, -0.15) is 0 Å². The Morgan fingerprint density at radius 2 is 2.12 bits per heavy atom. The summed E-state index contributed by atoms with van der Waals surface area (Å²) in [6.45, 7) is 2.54. The van der Waals surface area contributed by atoms with Crippen LogP contribution in [-0.2, 0) is 4.74 Å². The van der Waals surface area contributed by atoms with Gasteiger partial charge in [0.2, 0.25) is 0 Å². The Morgan fingerprint density at radius 1 is 1.44 bits per heavy atom. The van der Waals surface area contributed by atoms with Gasteiger partial charge in [0.15, 0.2) is 0 Å². The van der Waals surface area contributed by atoms with Crippen LogP contribution in [-0.4, -0.2) is 31.0 Å². The number of ether oxygens (including phenoxy) is 1. The average molecular weight is 288 g/mol. The largest absolute Gasteiger partial charge is 0.394 e. The number of benzene rings is 1. The molecule has 0 radical (unpaired) electrons. The summed E-state index contributed by atoms with van der Waals surface area (Å²) in [4.78, 5) is 0. The number of rotatable bonds is 6. The van der Waals surface area contributed by atoms with Gasteiger partial charge in [-0.25, -0.2) is 0 Å². The van der Waals surface area contributed by atoms with Crippen molar-refractivity contribution in [2.75, 3.05) is 25.6 Å². The van der Waals surface area contributed by atoms with Crippen LogP contribution in [0.2, 0.25) is 0 Å². The summed E-state index contributed by atoms with van der Waals surface area (Å²) in [7, 11) is 1.64. The van der Waals surface area contributed by atoms with E-state index in [1.165, 1.54) is 0 Å². The van der Waals surface area contributed by atoms with Gasteiger partial charge in [-0.3, -0.25) is 0 Å². The van der Waals surface area contributed by atoms with Crippen LogP contribution in [0.25, 0.3) is 0 Å². The highest BCUT2D eigenvalue weighted by molar-refractivity contribution is 9.10. The molecule has 0 fully saturated rings. The van der Waals surface area contributed by atoms with Gasteiger partial charge in [0.25, 0.3) is 0 Å². The topological polar surface area (TPSA) is 41.5 Å². The Bertz CT molecular complexity index is 327. The molecule has 3 nitrogen and oxygen atoms in total. The summed E-state index contributed by atoms with van der Waals surface area (Å²) in [6.07, 6.45) is 0.790. The lowest BCUT2D eigenvalue weighted by Gasteiger charge is -2.32. The summed E-state index contributed by atoms with van der Waals surface area (Å²) >= 11 is 3.47. The summed E-state index contributed by atoms with van der Waals surface area (Å²) < 4.78 is 6.15. The minimum atomic E-state index is -0.418. The molecule has 0 aromatic heterocycles. The number of methoxy groups -OCH3 is 1. The third kappa shape index (κ3) is 3.20. The van der Waals surface area contributed by atoms with Gasteiger partial charge in [-0.15, -0.1) is 0 Å². The molecule has 0 saturated carbocycles. The van der Waals surface area contributed by atoms with Crippen molar-refractivity contribution in [3.63, 3.8) is 0 Å². The fraction of sp³-hybridized carbons (Fsp3) is 0.500. The minimum Gasteiger partial charge on any atom is -0.394 e. The molecular weight excluding hydrogens is 270 g/mol. The van der Waals surface area contributed by atoms with E-state index in [0.717, 1.165) is 16.6 Å². The van der Waals surface area contributed by atoms with Gasteiger partial charge < -0.3 is 15.2 Å². The van der Waals surface area contributed by atoms with Gasteiger partial charge in [0.05, 0.1) is 18.8 Å². The highest BCUT2D eigenvalue weighted by Crippen LogP contribution is 2.26. The van der Waals surface area contributed by atoms with Gasteiger partial charge in [0.1, 0.15) is 0 Å². The van der Waals surface area contributed by atoms with Crippen LogP contribution in [0.5, 0.6) is 0 Å². The molecule has 2 N–H and O–H groups in total. The van der Waals surface area contributed by atoms with Crippen LogP contribution in [0.1, 0.15) is 13.3 Å². The Kier molecular flexibility index (Phi) is 5.25. The van der Waals surface area contributed by atoms with E-state index in [1.54, 1.807) is 7.11 Å². The molecule has 16 heavy (non-hydrogen) atoms. The molecule has 0 aliphatic heterocycles. The number of hydrogen-bond donors (Lipinski definition) is 2. The Morgan fingerprint density at radius 3 is 2.62 bits per heavy atom. The van der Waals surface area contributed by atoms with Crippen LogP contribution in [0.15, 0.2) is 28.7 Å². The van der Waals surface area contributed by atoms with Gasteiger partial charge in [-0.1, -0.05) is 19.1 Å². The zero-order valence-corrected chi connectivity index (χ0v) is 11.3. The molecular formula is C12H18BrNO2. The lowest BCUT2D eigenvalue weighted by molar-refractivity contribution is 0.0962. The molecule has 0 saturated heterocycles. The maximum atomic E-state index is 9.50. The molecule has 1 aromatic carbocycles. The number of nitrogens with one attached hydrogen (secondary N) is 1. The lowest BCUT2D eigenvalue weighted by atomic mass is 9.98. The van der Waals surface area contributed by atoms with Crippen molar-refractivity contribution in [1.29, 1.82) is 0 Å². The first-order chi connectivity index (χ1) is 7.67. The summed E-state index contributed by atoms with van der Waals surface area (Å²) in [5, 5.41) is 12.8. The van der Waals surface area contributed by atoms with Crippen LogP contribution < -0.4 is 5.32 Å². The van der Waals surface area contributed by atoms with Crippen LogP contribution in [0.3, 0.4) is 0 Å². The molecule has 0 spiro atoms. The van der Waals surface area contributed by atoms with Crippen molar-refractivity contribution >= 4 is 21.6 Å². The van der Waals surface area contributed by atoms with Crippen molar-refractivity contribution in [2.24, 2.45) is 0 Å². The number of hydrogen-bond acceptors (Lipinski definition) is 3. The van der Waals surface area contributed by atoms with Crippen molar-refractivity contribution in [2.45, 2.75) is 18.9 Å². The summed E-state index contributed by atoms with van der Waals surface area (Å²) in [5.41, 5.74) is 0.550. The van der Waals surface area contributed by atoms with Crippen molar-refractivity contribution in [1.82, 2.24) is 0 Å². The minimum absolute atomic E-state index is 0.0404. The zero-order chi connectivity index (χ0) is 12.0. The van der Waals surface area contributed by atoms with E-state index in [2.05, 4.69) is 21.2 Å². The number of aliphatic hydroxyl groups is 1. The third-order valence-corrected chi connectivity index (χ3v) is 3.37. The summed E-state index contributed by atoms with van der Waals surface area (Å²) in [5.74, 6) is 0. The molecule has 1 unspecified atom stereocenters.